The number of hydrogen-bond acceptors (Lipinski definition) is 3. The van der Waals surface area contributed by atoms with Crippen molar-refractivity contribution in [2.45, 2.75) is 18.7 Å². The van der Waals surface area contributed by atoms with E-state index in [1.165, 1.54) is 0 Å². The van der Waals surface area contributed by atoms with Gasteiger partial charge in [-0.1, -0.05) is 5.16 Å². The lowest BCUT2D eigenvalue weighted by atomic mass is 10.4. The highest BCUT2D eigenvalue weighted by Gasteiger charge is 2.11. The van der Waals surface area contributed by atoms with E-state index in [1.54, 1.807) is 13.8 Å². The van der Waals surface area contributed by atoms with E-state index in [2.05, 4.69) is 5.16 Å². The summed E-state index contributed by atoms with van der Waals surface area (Å²) < 4.78 is 15.5. The van der Waals surface area contributed by atoms with Crippen LogP contribution in [0.15, 0.2) is 9.42 Å². The molecule has 1 rings (SSSR count). The van der Waals surface area contributed by atoms with Gasteiger partial charge in [0.25, 0.3) is 0 Å². The predicted molar refractivity (Wildman–Crippen MR) is 36.6 cm³/mol. The molecule has 0 amide bonds. The molecule has 10 heavy (non-hydrogen) atoms. The van der Waals surface area contributed by atoms with Crippen LogP contribution < -0.4 is 5.14 Å². The number of nitrogens with two attached hydrogens (primary N) is 1. The second-order valence-electron chi connectivity index (χ2n) is 1.95. The van der Waals surface area contributed by atoms with Gasteiger partial charge in [0.15, 0.2) is 5.76 Å². The van der Waals surface area contributed by atoms with Crippen molar-refractivity contribution in [1.82, 2.24) is 5.16 Å². The van der Waals surface area contributed by atoms with Gasteiger partial charge in [0.05, 0.1) is 5.69 Å². The van der Waals surface area contributed by atoms with Gasteiger partial charge in [-0.3, -0.25) is 0 Å². The fraction of sp³-hybridized carbons (Fsp3) is 0.400. The van der Waals surface area contributed by atoms with Gasteiger partial charge in [0.2, 0.25) is 0 Å². The monoisotopic (exact) mass is 160 g/mol. The molecule has 0 aromatic carbocycles. The molecule has 0 spiro atoms. The Kier molecular flexibility index (Phi) is 1.87. The fourth-order valence-electron chi connectivity index (χ4n) is 0.762. The van der Waals surface area contributed by atoms with Gasteiger partial charge in [0, 0.05) is 0 Å². The van der Waals surface area contributed by atoms with Crippen molar-refractivity contribution < 1.29 is 8.73 Å². The zero-order valence-corrected chi connectivity index (χ0v) is 6.57. The molecule has 5 heteroatoms. The Morgan fingerprint density at radius 2 is 2.20 bits per heavy atom. The first-order valence-corrected chi connectivity index (χ1v) is 3.93. The molecule has 0 aliphatic heterocycles. The summed E-state index contributed by atoms with van der Waals surface area (Å²) in [6.45, 7) is 3.39. The highest BCUT2D eigenvalue weighted by atomic mass is 32.2. The Morgan fingerprint density at radius 1 is 1.60 bits per heavy atom. The highest BCUT2D eigenvalue weighted by Crippen LogP contribution is 2.13. The quantitative estimate of drug-likeness (QED) is 0.641. The maximum absolute atomic E-state index is 10.7. The number of hydrogen-bond donors (Lipinski definition) is 1. The summed E-state index contributed by atoms with van der Waals surface area (Å²) in [4.78, 5) is 0.500. The number of nitrogens with zero attached hydrogens (tertiary/aromatic N) is 1. The average molecular weight is 160 g/mol. The largest absolute Gasteiger partial charge is 0.360 e. The van der Waals surface area contributed by atoms with E-state index < -0.39 is 11.0 Å². The first-order chi connectivity index (χ1) is 4.63. The van der Waals surface area contributed by atoms with E-state index >= 15 is 0 Å². The molecule has 0 bridgehead atoms. The Bertz CT molecular complexity index is 249. The molecule has 0 radical (unpaired) electrons. The van der Waals surface area contributed by atoms with Crippen molar-refractivity contribution in [2.75, 3.05) is 0 Å². The smallest absolute Gasteiger partial charge is 0.151 e. The van der Waals surface area contributed by atoms with Crippen LogP contribution in [0.3, 0.4) is 0 Å². The summed E-state index contributed by atoms with van der Waals surface area (Å²) >= 11 is 0. The van der Waals surface area contributed by atoms with Crippen molar-refractivity contribution in [3.05, 3.63) is 11.5 Å². The summed E-state index contributed by atoms with van der Waals surface area (Å²) in [7, 11) is -1.48. The molecular weight excluding hydrogens is 152 g/mol. The normalized spacial score (nSPS) is 13.5. The third kappa shape index (κ3) is 1.10. The number of rotatable bonds is 1. The van der Waals surface area contributed by atoms with E-state index in [0.717, 1.165) is 0 Å². The Balaban J connectivity index is 3.23. The lowest BCUT2D eigenvalue weighted by Crippen LogP contribution is -2.04. The maximum atomic E-state index is 10.7. The second kappa shape index (κ2) is 2.51. The third-order valence-electron chi connectivity index (χ3n) is 1.17. The van der Waals surface area contributed by atoms with Crippen LogP contribution in [0, 0.1) is 13.8 Å². The van der Waals surface area contributed by atoms with Crippen molar-refractivity contribution in [1.29, 1.82) is 0 Å². The Morgan fingerprint density at radius 3 is 2.40 bits per heavy atom. The van der Waals surface area contributed by atoms with Crippen LogP contribution in [0.2, 0.25) is 0 Å². The topological polar surface area (TPSA) is 69.1 Å². The number of aromatic nitrogens is 1. The Labute approximate surface area is 61.0 Å². The molecule has 0 aliphatic rings. The third-order valence-corrected chi connectivity index (χ3v) is 2.15. The van der Waals surface area contributed by atoms with Crippen LogP contribution in [-0.2, 0) is 11.0 Å². The fourth-order valence-corrected chi connectivity index (χ4v) is 1.41. The van der Waals surface area contributed by atoms with Crippen LogP contribution in [0.25, 0.3) is 0 Å². The SMILES string of the molecule is Cc1noc(C)c1S(N)=O. The Hall–Kier alpha value is -0.680. The van der Waals surface area contributed by atoms with Crippen LogP contribution >= 0.6 is 0 Å². The zero-order chi connectivity index (χ0) is 7.72. The van der Waals surface area contributed by atoms with Gasteiger partial charge >= 0.3 is 0 Å². The number of aryl methyl sites for hydroxylation is 2. The molecule has 1 atom stereocenters. The molecule has 56 valence electrons. The summed E-state index contributed by atoms with van der Waals surface area (Å²) in [6, 6.07) is 0. The van der Waals surface area contributed by atoms with Crippen LogP contribution in [0.4, 0.5) is 0 Å². The molecule has 1 heterocycles. The van der Waals surface area contributed by atoms with Gasteiger partial charge in [0.1, 0.15) is 15.9 Å². The standard InChI is InChI=1S/C5H8N2O2S/c1-3-5(10(6)8)4(2)9-7-3/h6H2,1-2H3. The average Bonchev–Trinajstić information content (AvgIpc) is 2.11. The molecule has 0 saturated carbocycles. The van der Waals surface area contributed by atoms with Gasteiger partial charge in [-0.25, -0.2) is 9.35 Å². The van der Waals surface area contributed by atoms with Crippen molar-refractivity contribution in [3.63, 3.8) is 0 Å². The van der Waals surface area contributed by atoms with Crippen LogP contribution in [-0.4, -0.2) is 9.37 Å². The lowest BCUT2D eigenvalue weighted by Gasteiger charge is -1.89. The molecule has 0 aliphatic carbocycles. The van der Waals surface area contributed by atoms with Crippen LogP contribution in [0.5, 0.6) is 0 Å². The molecule has 1 unspecified atom stereocenters. The summed E-state index contributed by atoms with van der Waals surface area (Å²) in [6.07, 6.45) is 0. The first-order valence-electron chi connectivity index (χ1n) is 2.72. The molecule has 2 N–H and O–H groups in total. The molecule has 0 fully saturated rings. The molecular formula is C5H8N2O2S. The van der Waals surface area contributed by atoms with E-state index in [9.17, 15) is 4.21 Å². The minimum Gasteiger partial charge on any atom is -0.360 e. The lowest BCUT2D eigenvalue weighted by molar-refractivity contribution is 0.391. The molecule has 1 aromatic rings. The highest BCUT2D eigenvalue weighted by molar-refractivity contribution is 7.82. The van der Waals surface area contributed by atoms with Gasteiger partial charge in [-0.05, 0) is 13.8 Å². The minimum absolute atomic E-state index is 0.500. The van der Waals surface area contributed by atoms with Crippen LogP contribution in [0.1, 0.15) is 11.5 Å². The van der Waals surface area contributed by atoms with Gasteiger partial charge < -0.3 is 4.52 Å². The minimum atomic E-state index is -1.48. The van der Waals surface area contributed by atoms with Crippen molar-refractivity contribution >= 4 is 11.0 Å². The molecule has 0 saturated heterocycles. The van der Waals surface area contributed by atoms with E-state index in [0.29, 0.717) is 16.3 Å². The summed E-state index contributed by atoms with van der Waals surface area (Å²) in [5, 5.41) is 8.72. The van der Waals surface area contributed by atoms with E-state index in [-0.39, 0.29) is 0 Å². The summed E-state index contributed by atoms with van der Waals surface area (Å²) in [5.74, 6) is 0.526. The van der Waals surface area contributed by atoms with E-state index in [1.807, 2.05) is 0 Å². The predicted octanol–water partition coefficient (Wildman–Crippen LogP) is 0.273. The maximum Gasteiger partial charge on any atom is 0.151 e. The molecule has 4 nitrogen and oxygen atoms in total. The summed E-state index contributed by atoms with van der Waals surface area (Å²) in [5.41, 5.74) is 0.596. The van der Waals surface area contributed by atoms with Gasteiger partial charge in [-0.15, -0.1) is 0 Å². The van der Waals surface area contributed by atoms with Gasteiger partial charge in [-0.2, -0.15) is 0 Å². The van der Waals surface area contributed by atoms with Crippen molar-refractivity contribution in [3.8, 4) is 0 Å². The first kappa shape index (κ1) is 7.43. The van der Waals surface area contributed by atoms with E-state index in [4.69, 9.17) is 9.66 Å². The second-order valence-corrected chi connectivity index (χ2v) is 2.95. The molecule has 1 aromatic heterocycles. The van der Waals surface area contributed by atoms with Crippen molar-refractivity contribution in [2.24, 2.45) is 5.14 Å². The zero-order valence-electron chi connectivity index (χ0n) is 5.75.